The summed E-state index contributed by atoms with van der Waals surface area (Å²) in [7, 11) is 0. The lowest BCUT2D eigenvalue weighted by Crippen LogP contribution is -2.39. The third kappa shape index (κ3) is 5.30. The maximum atomic E-state index is 12.6. The van der Waals surface area contributed by atoms with Crippen LogP contribution in [0.3, 0.4) is 0 Å². The standard InChI is InChI=1S/C17H20F3N5O/c18-17(19,20)13-1-3-14(4-2-13)23-16-22-6-5-15(24-16)21-7-8-25-9-11-26-12-10-25/h1-6H,7-12H2,(H2,21,22,23,24). The van der Waals surface area contributed by atoms with E-state index in [2.05, 4.69) is 25.5 Å². The van der Waals surface area contributed by atoms with Gasteiger partial charge in [0.15, 0.2) is 0 Å². The number of rotatable bonds is 6. The molecule has 1 fully saturated rings. The first-order chi connectivity index (χ1) is 12.5. The van der Waals surface area contributed by atoms with Gasteiger partial charge in [-0.25, -0.2) is 4.98 Å². The third-order valence-corrected chi connectivity index (χ3v) is 3.96. The highest BCUT2D eigenvalue weighted by Gasteiger charge is 2.29. The van der Waals surface area contributed by atoms with Crippen molar-refractivity contribution in [1.29, 1.82) is 0 Å². The van der Waals surface area contributed by atoms with Crippen molar-refractivity contribution in [3.63, 3.8) is 0 Å². The second-order valence-electron chi connectivity index (χ2n) is 5.85. The molecule has 0 aliphatic carbocycles. The van der Waals surface area contributed by atoms with Gasteiger partial charge in [0.2, 0.25) is 5.95 Å². The van der Waals surface area contributed by atoms with E-state index in [0.717, 1.165) is 51.5 Å². The Morgan fingerprint density at radius 3 is 2.50 bits per heavy atom. The molecule has 1 saturated heterocycles. The van der Waals surface area contributed by atoms with Crippen molar-refractivity contribution < 1.29 is 17.9 Å². The number of anilines is 3. The van der Waals surface area contributed by atoms with Gasteiger partial charge in [0, 0.05) is 38.1 Å². The van der Waals surface area contributed by atoms with Crippen molar-refractivity contribution in [3.8, 4) is 0 Å². The number of nitrogens with zero attached hydrogens (tertiary/aromatic N) is 3. The van der Waals surface area contributed by atoms with Crippen LogP contribution in [-0.4, -0.2) is 54.3 Å². The first kappa shape index (κ1) is 18.4. The first-order valence-electron chi connectivity index (χ1n) is 8.32. The number of aromatic nitrogens is 2. The number of hydrogen-bond donors (Lipinski definition) is 2. The number of alkyl halides is 3. The van der Waals surface area contributed by atoms with Gasteiger partial charge in [-0.2, -0.15) is 18.2 Å². The maximum Gasteiger partial charge on any atom is 0.416 e. The SMILES string of the molecule is FC(F)(F)c1ccc(Nc2nccc(NCCN3CCOCC3)n2)cc1. The number of nitrogens with one attached hydrogen (secondary N) is 2. The lowest BCUT2D eigenvalue weighted by Gasteiger charge is -2.26. The van der Waals surface area contributed by atoms with Gasteiger partial charge < -0.3 is 15.4 Å². The molecule has 0 spiro atoms. The molecule has 0 bridgehead atoms. The van der Waals surface area contributed by atoms with Gasteiger partial charge in [-0.15, -0.1) is 0 Å². The normalized spacial score (nSPS) is 15.7. The smallest absolute Gasteiger partial charge is 0.379 e. The Bertz CT molecular complexity index is 702. The van der Waals surface area contributed by atoms with Gasteiger partial charge in [-0.05, 0) is 30.3 Å². The van der Waals surface area contributed by atoms with Crippen molar-refractivity contribution in [2.24, 2.45) is 0 Å². The zero-order chi connectivity index (χ0) is 18.4. The van der Waals surface area contributed by atoms with Crippen LogP contribution in [0, 0.1) is 0 Å². The summed E-state index contributed by atoms with van der Waals surface area (Å²) in [5, 5.41) is 6.13. The molecule has 1 aliphatic rings. The minimum Gasteiger partial charge on any atom is -0.379 e. The van der Waals surface area contributed by atoms with E-state index < -0.39 is 11.7 Å². The maximum absolute atomic E-state index is 12.6. The molecular weight excluding hydrogens is 347 g/mol. The Morgan fingerprint density at radius 2 is 1.81 bits per heavy atom. The largest absolute Gasteiger partial charge is 0.416 e. The number of benzene rings is 1. The topological polar surface area (TPSA) is 62.3 Å². The molecule has 2 heterocycles. The summed E-state index contributed by atoms with van der Waals surface area (Å²) in [5.41, 5.74) is -0.203. The van der Waals surface area contributed by atoms with E-state index in [-0.39, 0.29) is 0 Å². The Hall–Kier alpha value is -2.39. The molecule has 1 aromatic carbocycles. The highest BCUT2D eigenvalue weighted by atomic mass is 19.4. The Kier molecular flexibility index (Phi) is 5.89. The fourth-order valence-corrected chi connectivity index (χ4v) is 2.56. The molecule has 0 atom stereocenters. The van der Waals surface area contributed by atoms with Crippen molar-refractivity contribution >= 4 is 17.5 Å². The highest BCUT2D eigenvalue weighted by molar-refractivity contribution is 5.55. The second kappa shape index (κ2) is 8.33. The predicted molar refractivity (Wildman–Crippen MR) is 92.5 cm³/mol. The lowest BCUT2D eigenvalue weighted by molar-refractivity contribution is -0.137. The van der Waals surface area contributed by atoms with E-state index in [4.69, 9.17) is 4.74 Å². The van der Waals surface area contributed by atoms with E-state index in [1.807, 2.05) is 0 Å². The van der Waals surface area contributed by atoms with Crippen LogP contribution in [0.25, 0.3) is 0 Å². The zero-order valence-electron chi connectivity index (χ0n) is 14.1. The van der Waals surface area contributed by atoms with E-state index in [1.54, 1.807) is 12.3 Å². The summed E-state index contributed by atoms with van der Waals surface area (Å²) in [4.78, 5) is 10.7. The van der Waals surface area contributed by atoms with Crippen LogP contribution in [0.2, 0.25) is 0 Å². The molecule has 1 aliphatic heterocycles. The van der Waals surface area contributed by atoms with Gasteiger partial charge in [-0.1, -0.05) is 0 Å². The molecule has 6 nitrogen and oxygen atoms in total. The molecule has 2 aromatic rings. The monoisotopic (exact) mass is 367 g/mol. The van der Waals surface area contributed by atoms with Crippen molar-refractivity contribution in [2.45, 2.75) is 6.18 Å². The molecule has 0 unspecified atom stereocenters. The van der Waals surface area contributed by atoms with Crippen molar-refractivity contribution in [1.82, 2.24) is 14.9 Å². The molecule has 0 saturated carbocycles. The van der Waals surface area contributed by atoms with Crippen LogP contribution in [-0.2, 0) is 10.9 Å². The summed E-state index contributed by atoms with van der Waals surface area (Å²) in [6, 6.07) is 6.49. The Labute approximate surface area is 149 Å². The van der Waals surface area contributed by atoms with Gasteiger partial charge in [0.25, 0.3) is 0 Å². The molecular formula is C17H20F3N5O. The average molecular weight is 367 g/mol. The minimum atomic E-state index is -4.35. The number of morpholine rings is 1. The quantitative estimate of drug-likeness (QED) is 0.819. The Balaban J connectivity index is 1.53. The third-order valence-electron chi connectivity index (χ3n) is 3.96. The van der Waals surface area contributed by atoms with Crippen LogP contribution in [0.1, 0.15) is 5.56 Å². The van der Waals surface area contributed by atoms with Crippen LogP contribution in [0.5, 0.6) is 0 Å². The molecule has 9 heteroatoms. The van der Waals surface area contributed by atoms with E-state index in [1.165, 1.54) is 12.1 Å². The number of halogens is 3. The molecule has 26 heavy (non-hydrogen) atoms. The molecule has 0 radical (unpaired) electrons. The number of hydrogen-bond acceptors (Lipinski definition) is 6. The molecule has 140 valence electrons. The van der Waals surface area contributed by atoms with Gasteiger partial charge >= 0.3 is 6.18 Å². The molecule has 0 amide bonds. The molecule has 3 rings (SSSR count). The fourth-order valence-electron chi connectivity index (χ4n) is 2.56. The zero-order valence-corrected chi connectivity index (χ0v) is 14.1. The first-order valence-corrected chi connectivity index (χ1v) is 8.32. The molecule has 1 aromatic heterocycles. The predicted octanol–water partition coefficient (Wildman–Crippen LogP) is 2.98. The van der Waals surface area contributed by atoms with E-state index >= 15 is 0 Å². The van der Waals surface area contributed by atoms with Crippen molar-refractivity contribution in [3.05, 3.63) is 42.1 Å². The van der Waals surface area contributed by atoms with Crippen LogP contribution in [0.4, 0.5) is 30.6 Å². The lowest BCUT2D eigenvalue weighted by atomic mass is 10.2. The summed E-state index contributed by atoms with van der Waals surface area (Å²) < 4.78 is 43.1. The van der Waals surface area contributed by atoms with Gasteiger partial charge in [0.05, 0.1) is 18.8 Å². The van der Waals surface area contributed by atoms with Crippen LogP contribution in [0.15, 0.2) is 36.5 Å². The van der Waals surface area contributed by atoms with Crippen LogP contribution < -0.4 is 10.6 Å². The average Bonchev–Trinajstić information content (AvgIpc) is 2.63. The highest BCUT2D eigenvalue weighted by Crippen LogP contribution is 2.30. The molecule has 2 N–H and O–H groups in total. The Morgan fingerprint density at radius 1 is 1.08 bits per heavy atom. The van der Waals surface area contributed by atoms with Crippen LogP contribution >= 0.6 is 0 Å². The fraction of sp³-hybridized carbons (Fsp3) is 0.412. The van der Waals surface area contributed by atoms with E-state index in [9.17, 15) is 13.2 Å². The van der Waals surface area contributed by atoms with Gasteiger partial charge in [0.1, 0.15) is 5.82 Å². The summed E-state index contributed by atoms with van der Waals surface area (Å²) in [6.07, 6.45) is -2.75. The second-order valence-corrected chi connectivity index (χ2v) is 5.85. The summed E-state index contributed by atoms with van der Waals surface area (Å²) >= 11 is 0. The summed E-state index contributed by atoms with van der Waals surface area (Å²) in [5.74, 6) is 0.976. The minimum absolute atomic E-state index is 0.320. The van der Waals surface area contributed by atoms with E-state index in [0.29, 0.717) is 17.5 Å². The van der Waals surface area contributed by atoms with Gasteiger partial charge in [-0.3, -0.25) is 4.90 Å². The number of ether oxygens (including phenoxy) is 1. The summed E-state index contributed by atoms with van der Waals surface area (Å²) in [6.45, 7) is 4.98. The van der Waals surface area contributed by atoms with Crippen molar-refractivity contribution in [2.75, 3.05) is 50.0 Å².